The topological polar surface area (TPSA) is 88.9 Å². The van der Waals surface area contributed by atoms with Gasteiger partial charge in [-0.1, -0.05) is 42.1 Å². The van der Waals surface area contributed by atoms with E-state index in [1.54, 1.807) is 16.7 Å². The Morgan fingerprint density at radius 2 is 1.79 bits per heavy atom. The number of aromatic nitrogens is 3. The van der Waals surface area contributed by atoms with Gasteiger partial charge in [-0.05, 0) is 43.2 Å². The van der Waals surface area contributed by atoms with E-state index in [9.17, 15) is 9.59 Å². The number of benzene rings is 2. The number of hydrogen-bond acceptors (Lipinski definition) is 5. The summed E-state index contributed by atoms with van der Waals surface area (Å²) in [5.41, 5.74) is 3.59. The quantitative estimate of drug-likeness (QED) is 0.586. The number of nitrogens with one attached hydrogen (secondary N) is 2. The van der Waals surface area contributed by atoms with Gasteiger partial charge in [-0.25, -0.2) is 0 Å². The maximum Gasteiger partial charge on any atom is 0.251 e. The van der Waals surface area contributed by atoms with Gasteiger partial charge in [-0.15, -0.1) is 10.2 Å². The summed E-state index contributed by atoms with van der Waals surface area (Å²) >= 11 is 1.30. The molecule has 0 unspecified atom stereocenters. The molecule has 150 valence electrons. The zero-order valence-corrected chi connectivity index (χ0v) is 17.4. The van der Waals surface area contributed by atoms with E-state index >= 15 is 0 Å². The van der Waals surface area contributed by atoms with E-state index in [-0.39, 0.29) is 24.1 Å². The van der Waals surface area contributed by atoms with Crippen LogP contribution in [0.25, 0.3) is 0 Å². The zero-order valence-electron chi connectivity index (χ0n) is 16.6. The lowest BCUT2D eigenvalue weighted by molar-refractivity contribution is -0.113. The Morgan fingerprint density at radius 1 is 1.03 bits per heavy atom. The van der Waals surface area contributed by atoms with E-state index in [1.807, 2.05) is 57.3 Å². The van der Waals surface area contributed by atoms with E-state index in [0.29, 0.717) is 16.5 Å². The highest BCUT2D eigenvalue weighted by molar-refractivity contribution is 7.99. The van der Waals surface area contributed by atoms with Gasteiger partial charge in [0.25, 0.3) is 5.91 Å². The van der Waals surface area contributed by atoms with Crippen molar-refractivity contribution in [3.63, 3.8) is 0 Å². The van der Waals surface area contributed by atoms with Crippen molar-refractivity contribution in [1.29, 1.82) is 0 Å². The minimum Gasteiger partial charge on any atom is -0.345 e. The van der Waals surface area contributed by atoms with E-state index in [0.717, 1.165) is 16.8 Å². The lowest BCUT2D eigenvalue weighted by atomic mass is 10.1. The van der Waals surface area contributed by atoms with Crippen molar-refractivity contribution in [3.05, 3.63) is 71.0 Å². The number of carbonyl (C=O) groups excluding carboxylic acids is 2. The van der Waals surface area contributed by atoms with E-state index in [2.05, 4.69) is 20.8 Å². The Hall–Kier alpha value is -3.13. The van der Waals surface area contributed by atoms with Crippen molar-refractivity contribution < 1.29 is 9.59 Å². The summed E-state index contributed by atoms with van der Waals surface area (Å²) in [6.45, 7) is 4.25. The van der Waals surface area contributed by atoms with Crippen LogP contribution in [0.1, 0.15) is 27.3 Å². The second-order valence-corrected chi connectivity index (χ2v) is 7.53. The van der Waals surface area contributed by atoms with Gasteiger partial charge in [0.15, 0.2) is 11.0 Å². The normalized spacial score (nSPS) is 10.6. The molecule has 0 saturated carbocycles. The SMILES string of the molecule is Cc1cccc(NC(=O)CSc2nnc(CNC(=O)c3ccccc3)n2C)c1C. The average molecular weight is 410 g/mol. The van der Waals surface area contributed by atoms with Gasteiger partial charge in [0.05, 0.1) is 12.3 Å². The minimum absolute atomic E-state index is 0.106. The van der Waals surface area contributed by atoms with Crippen molar-refractivity contribution in [3.8, 4) is 0 Å². The largest absolute Gasteiger partial charge is 0.345 e. The first kappa shape index (κ1) is 20.6. The molecule has 8 heteroatoms. The van der Waals surface area contributed by atoms with Crippen molar-refractivity contribution in [2.75, 3.05) is 11.1 Å². The third-order valence-electron chi connectivity index (χ3n) is 4.58. The third kappa shape index (κ3) is 5.23. The Bertz CT molecular complexity index is 1020. The molecule has 3 rings (SSSR count). The molecule has 0 spiro atoms. The van der Waals surface area contributed by atoms with E-state index < -0.39 is 0 Å². The van der Waals surface area contributed by atoms with Crippen LogP contribution in [0, 0.1) is 13.8 Å². The Labute approximate surface area is 173 Å². The van der Waals surface area contributed by atoms with Crippen LogP contribution in [0.5, 0.6) is 0 Å². The van der Waals surface area contributed by atoms with E-state index in [1.165, 1.54) is 11.8 Å². The predicted molar refractivity (Wildman–Crippen MR) is 114 cm³/mol. The van der Waals surface area contributed by atoms with Crippen LogP contribution in [-0.4, -0.2) is 32.3 Å². The maximum absolute atomic E-state index is 12.3. The number of nitrogens with zero attached hydrogens (tertiary/aromatic N) is 3. The molecular weight excluding hydrogens is 386 g/mol. The molecule has 7 nitrogen and oxygen atoms in total. The first-order valence-electron chi connectivity index (χ1n) is 9.16. The van der Waals surface area contributed by atoms with Crippen LogP contribution in [0.3, 0.4) is 0 Å². The number of rotatable bonds is 7. The molecular formula is C21H23N5O2S. The Balaban J connectivity index is 1.53. The van der Waals surface area contributed by atoms with Gasteiger partial charge in [0.1, 0.15) is 0 Å². The highest BCUT2D eigenvalue weighted by Gasteiger charge is 2.13. The highest BCUT2D eigenvalue weighted by Crippen LogP contribution is 2.20. The van der Waals surface area contributed by atoms with Gasteiger partial charge in [0.2, 0.25) is 5.91 Å². The molecule has 3 aromatic rings. The summed E-state index contributed by atoms with van der Waals surface area (Å²) < 4.78 is 1.78. The van der Waals surface area contributed by atoms with Crippen LogP contribution in [0.15, 0.2) is 53.7 Å². The molecule has 0 atom stereocenters. The van der Waals surface area contributed by atoms with Gasteiger partial charge in [0, 0.05) is 18.3 Å². The summed E-state index contributed by atoms with van der Waals surface area (Å²) in [6.07, 6.45) is 0. The lowest BCUT2D eigenvalue weighted by Crippen LogP contribution is -2.24. The molecule has 1 heterocycles. The fraction of sp³-hybridized carbons (Fsp3) is 0.238. The van der Waals surface area contributed by atoms with Gasteiger partial charge in [-0.2, -0.15) is 0 Å². The monoisotopic (exact) mass is 409 g/mol. The molecule has 0 fully saturated rings. The average Bonchev–Trinajstić information content (AvgIpc) is 3.08. The van der Waals surface area contributed by atoms with Crippen LogP contribution >= 0.6 is 11.8 Å². The maximum atomic E-state index is 12.3. The van der Waals surface area contributed by atoms with Crippen LogP contribution in [0.4, 0.5) is 5.69 Å². The van der Waals surface area contributed by atoms with E-state index in [4.69, 9.17) is 0 Å². The van der Waals surface area contributed by atoms with Crippen molar-refractivity contribution >= 4 is 29.3 Å². The number of amides is 2. The third-order valence-corrected chi connectivity index (χ3v) is 5.60. The fourth-order valence-electron chi connectivity index (χ4n) is 2.68. The number of thioether (sulfide) groups is 1. The van der Waals surface area contributed by atoms with Crippen molar-refractivity contribution in [1.82, 2.24) is 20.1 Å². The Morgan fingerprint density at radius 3 is 2.55 bits per heavy atom. The summed E-state index contributed by atoms with van der Waals surface area (Å²) in [7, 11) is 1.81. The molecule has 1 aromatic heterocycles. The summed E-state index contributed by atoms with van der Waals surface area (Å²) in [6, 6.07) is 14.8. The van der Waals surface area contributed by atoms with Crippen molar-refractivity contribution in [2.24, 2.45) is 7.05 Å². The molecule has 0 aliphatic heterocycles. The molecule has 2 amide bonds. The summed E-state index contributed by atoms with van der Waals surface area (Å²) in [5.74, 6) is 0.559. The number of anilines is 1. The second-order valence-electron chi connectivity index (χ2n) is 6.59. The fourth-order valence-corrected chi connectivity index (χ4v) is 3.41. The summed E-state index contributed by atoms with van der Waals surface area (Å²) in [5, 5.41) is 14.6. The second kappa shape index (κ2) is 9.38. The van der Waals surface area contributed by atoms with Crippen molar-refractivity contribution in [2.45, 2.75) is 25.5 Å². The number of aryl methyl sites for hydroxylation is 1. The van der Waals surface area contributed by atoms with Crippen LogP contribution < -0.4 is 10.6 Å². The Kier molecular flexibility index (Phi) is 6.66. The molecule has 29 heavy (non-hydrogen) atoms. The number of hydrogen-bond donors (Lipinski definition) is 2. The molecule has 2 aromatic carbocycles. The smallest absolute Gasteiger partial charge is 0.251 e. The molecule has 2 N–H and O–H groups in total. The first-order chi connectivity index (χ1) is 14.0. The van der Waals surface area contributed by atoms with Gasteiger partial charge in [-0.3, -0.25) is 9.59 Å². The lowest BCUT2D eigenvalue weighted by Gasteiger charge is -2.10. The zero-order chi connectivity index (χ0) is 20.8. The van der Waals surface area contributed by atoms with Gasteiger partial charge >= 0.3 is 0 Å². The molecule has 0 radical (unpaired) electrons. The standard InChI is InChI=1S/C21H23N5O2S/c1-14-8-7-11-17(15(14)2)23-19(27)13-29-21-25-24-18(26(21)3)12-22-20(28)16-9-5-4-6-10-16/h4-11H,12-13H2,1-3H3,(H,22,28)(H,23,27). The highest BCUT2D eigenvalue weighted by atomic mass is 32.2. The van der Waals surface area contributed by atoms with Gasteiger partial charge < -0.3 is 15.2 Å². The first-order valence-corrected chi connectivity index (χ1v) is 10.1. The number of carbonyl (C=O) groups is 2. The molecule has 0 aliphatic carbocycles. The van der Waals surface area contributed by atoms with Crippen LogP contribution in [0.2, 0.25) is 0 Å². The predicted octanol–water partition coefficient (Wildman–Crippen LogP) is 3.09. The summed E-state index contributed by atoms with van der Waals surface area (Å²) in [4.78, 5) is 24.4. The molecule has 0 bridgehead atoms. The van der Waals surface area contributed by atoms with Crippen LogP contribution in [-0.2, 0) is 18.4 Å². The minimum atomic E-state index is -0.171. The molecule has 0 saturated heterocycles. The molecule has 0 aliphatic rings.